The average molecular weight is 256 g/mol. The van der Waals surface area contributed by atoms with E-state index in [2.05, 4.69) is 4.98 Å². The van der Waals surface area contributed by atoms with Crippen molar-refractivity contribution in [3.63, 3.8) is 0 Å². The minimum absolute atomic E-state index is 0.0506. The smallest absolute Gasteiger partial charge is 0.330 e. The molecule has 0 radical (unpaired) electrons. The van der Waals surface area contributed by atoms with E-state index in [1.807, 2.05) is 0 Å². The van der Waals surface area contributed by atoms with Crippen molar-refractivity contribution in [2.45, 2.75) is 31.1 Å². The molecule has 1 aromatic heterocycles. The van der Waals surface area contributed by atoms with Gasteiger partial charge < -0.3 is 19.7 Å². The number of aromatic amines is 1. The fraction of sp³-hybridized carbons (Fsp3) is 0.600. The van der Waals surface area contributed by atoms with Crippen molar-refractivity contribution < 1.29 is 19.7 Å². The van der Waals surface area contributed by atoms with Crippen molar-refractivity contribution in [2.24, 2.45) is 0 Å². The first kappa shape index (κ1) is 11.6. The number of ether oxygens (including phenoxy) is 2. The lowest BCUT2D eigenvalue weighted by atomic mass is 10.1. The van der Waals surface area contributed by atoms with Gasteiger partial charge in [-0.05, 0) is 0 Å². The quantitative estimate of drug-likeness (QED) is 0.480. The largest absolute Gasteiger partial charge is 0.387 e. The number of aliphatic hydroxyl groups excluding tert-OH is 2. The third-order valence-corrected chi connectivity index (χ3v) is 3.18. The fourth-order valence-corrected chi connectivity index (χ4v) is 2.30. The molecule has 8 nitrogen and oxygen atoms in total. The molecule has 98 valence electrons. The Morgan fingerprint density at radius 2 is 2.11 bits per heavy atom. The maximum Gasteiger partial charge on any atom is 0.330 e. The number of rotatable bonds is 0. The van der Waals surface area contributed by atoms with Crippen LogP contribution in [-0.2, 0) is 16.1 Å². The Balaban J connectivity index is 2.18. The molecule has 18 heavy (non-hydrogen) atoms. The van der Waals surface area contributed by atoms with E-state index >= 15 is 0 Å². The number of aromatic nitrogens is 2. The highest BCUT2D eigenvalue weighted by molar-refractivity contribution is 5.05. The molecule has 4 atom stereocenters. The summed E-state index contributed by atoms with van der Waals surface area (Å²) in [5.74, 6) is 0. The first-order valence-corrected chi connectivity index (χ1v) is 5.52. The monoisotopic (exact) mass is 256 g/mol. The standard InChI is InChI=1S/C10H12N2O6/c13-6-1-4-2-17-3-5-7(14)8(15)9(18-5)12(4)10(16)11-6/h1,5,7-9,14-15H,2-3H2,(H,11,13,16)/t5-,7-,8-,9-/m1/s1. The van der Waals surface area contributed by atoms with Crippen LogP contribution in [0.5, 0.6) is 0 Å². The van der Waals surface area contributed by atoms with E-state index in [0.29, 0.717) is 5.69 Å². The zero-order valence-electron chi connectivity index (χ0n) is 9.28. The highest BCUT2D eigenvalue weighted by atomic mass is 16.6. The van der Waals surface area contributed by atoms with Crippen LogP contribution < -0.4 is 11.2 Å². The van der Waals surface area contributed by atoms with Crippen LogP contribution in [0, 0.1) is 0 Å². The minimum atomic E-state index is -1.24. The van der Waals surface area contributed by atoms with Gasteiger partial charge in [-0.25, -0.2) is 4.79 Å². The molecule has 2 bridgehead atoms. The fourth-order valence-electron chi connectivity index (χ4n) is 2.30. The van der Waals surface area contributed by atoms with Gasteiger partial charge in [0.1, 0.15) is 18.3 Å². The second-order valence-corrected chi connectivity index (χ2v) is 4.36. The second kappa shape index (κ2) is 4.02. The molecule has 1 fully saturated rings. The van der Waals surface area contributed by atoms with Crippen molar-refractivity contribution in [3.8, 4) is 0 Å². The molecule has 2 aliphatic heterocycles. The highest BCUT2D eigenvalue weighted by Crippen LogP contribution is 2.30. The van der Waals surface area contributed by atoms with E-state index in [1.165, 1.54) is 6.07 Å². The maximum absolute atomic E-state index is 11.8. The van der Waals surface area contributed by atoms with Crippen molar-refractivity contribution in [2.75, 3.05) is 6.61 Å². The van der Waals surface area contributed by atoms with Crippen molar-refractivity contribution >= 4 is 0 Å². The molecule has 0 aliphatic carbocycles. The maximum atomic E-state index is 11.8. The van der Waals surface area contributed by atoms with E-state index in [9.17, 15) is 19.8 Å². The Morgan fingerprint density at radius 3 is 2.89 bits per heavy atom. The Kier molecular flexibility index (Phi) is 2.59. The van der Waals surface area contributed by atoms with Gasteiger partial charge >= 0.3 is 5.69 Å². The van der Waals surface area contributed by atoms with Gasteiger partial charge in [-0.1, -0.05) is 0 Å². The van der Waals surface area contributed by atoms with Crippen LogP contribution in [0.15, 0.2) is 15.7 Å². The molecule has 3 rings (SSSR count). The summed E-state index contributed by atoms with van der Waals surface area (Å²) in [4.78, 5) is 25.1. The van der Waals surface area contributed by atoms with Crippen LogP contribution in [0.3, 0.4) is 0 Å². The van der Waals surface area contributed by atoms with E-state index in [1.54, 1.807) is 0 Å². The van der Waals surface area contributed by atoms with Gasteiger partial charge in [-0.2, -0.15) is 0 Å². The zero-order valence-corrected chi connectivity index (χ0v) is 9.28. The first-order valence-electron chi connectivity index (χ1n) is 5.52. The lowest BCUT2D eigenvalue weighted by Gasteiger charge is -2.23. The van der Waals surface area contributed by atoms with Crippen LogP contribution >= 0.6 is 0 Å². The number of H-pyrrole nitrogens is 1. The van der Waals surface area contributed by atoms with Crippen LogP contribution in [-0.4, -0.2) is 44.7 Å². The molecule has 0 aromatic carbocycles. The van der Waals surface area contributed by atoms with Crippen LogP contribution in [0.25, 0.3) is 0 Å². The summed E-state index contributed by atoms with van der Waals surface area (Å²) < 4.78 is 11.7. The summed E-state index contributed by atoms with van der Waals surface area (Å²) >= 11 is 0. The van der Waals surface area contributed by atoms with Gasteiger partial charge in [-0.3, -0.25) is 14.3 Å². The van der Waals surface area contributed by atoms with Crippen LogP contribution in [0.2, 0.25) is 0 Å². The van der Waals surface area contributed by atoms with E-state index in [0.717, 1.165) is 4.57 Å². The topological polar surface area (TPSA) is 114 Å². The highest BCUT2D eigenvalue weighted by Gasteiger charge is 2.45. The molecule has 3 heterocycles. The van der Waals surface area contributed by atoms with Crippen LogP contribution in [0.4, 0.5) is 0 Å². The van der Waals surface area contributed by atoms with E-state index < -0.39 is 35.8 Å². The normalized spacial score (nSPS) is 34.8. The van der Waals surface area contributed by atoms with Gasteiger partial charge in [0.2, 0.25) is 0 Å². The summed E-state index contributed by atoms with van der Waals surface area (Å²) in [5.41, 5.74) is -0.930. The van der Waals surface area contributed by atoms with Crippen molar-refractivity contribution in [1.29, 1.82) is 0 Å². The minimum Gasteiger partial charge on any atom is -0.387 e. The summed E-state index contributed by atoms with van der Waals surface area (Å²) in [6.07, 6.45) is -4.05. The third-order valence-electron chi connectivity index (χ3n) is 3.18. The Hall–Kier alpha value is -1.48. The number of hydrogen-bond acceptors (Lipinski definition) is 6. The summed E-state index contributed by atoms with van der Waals surface area (Å²) in [5, 5.41) is 19.6. The molecular weight excluding hydrogens is 244 g/mol. The van der Waals surface area contributed by atoms with Crippen LogP contribution in [0.1, 0.15) is 11.9 Å². The molecule has 0 spiro atoms. The molecule has 2 aliphatic rings. The molecule has 1 saturated heterocycles. The molecular formula is C10H12N2O6. The number of aliphatic hydroxyl groups is 2. The lowest BCUT2D eigenvalue weighted by Crippen LogP contribution is -2.39. The summed E-state index contributed by atoms with van der Waals surface area (Å²) in [6, 6.07) is 1.21. The first-order chi connectivity index (χ1) is 8.58. The number of nitrogens with one attached hydrogen (secondary N) is 1. The Morgan fingerprint density at radius 1 is 1.33 bits per heavy atom. The van der Waals surface area contributed by atoms with Crippen molar-refractivity contribution in [1.82, 2.24) is 9.55 Å². The van der Waals surface area contributed by atoms with Gasteiger partial charge in [0.05, 0.1) is 18.9 Å². The van der Waals surface area contributed by atoms with E-state index in [-0.39, 0.29) is 13.2 Å². The SMILES string of the molecule is O=c1cc2n(c(=O)[nH]1)[C@@H]1O[C@H](COC2)[C@@H](O)[C@H]1O. The number of fused-ring (bicyclic) bond motifs is 4. The predicted octanol–water partition coefficient (Wildman–Crippen LogP) is -2.31. The van der Waals surface area contributed by atoms with E-state index in [4.69, 9.17) is 9.47 Å². The van der Waals surface area contributed by atoms with Crippen molar-refractivity contribution in [3.05, 3.63) is 32.6 Å². The lowest BCUT2D eigenvalue weighted by molar-refractivity contribution is -0.0877. The molecule has 1 aromatic rings. The molecule has 0 unspecified atom stereocenters. The number of nitrogens with zero attached hydrogens (tertiary/aromatic N) is 1. The Labute approximate surface area is 100 Å². The van der Waals surface area contributed by atoms with Gasteiger partial charge in [0, 0.05) is 6.07 Å². The predicted molar refractivity (Wildman–Crippen MR) is 56.9 cm³/mol. The second-order valence-electron chi connectivity index (χ2n) is 4.36. The molecule has 3 N–H and O–H groups in total. The zero-order chi connectivity index (χ0) is 12.9. The Bertz CT molecular complexity index is 578. The summed E-state index contributed by atoms with van der Waals surface area (Å²) in [7, 11) is 0. The molecule has 8 heteroatoms. The molecule has 0 saturated carbocycles. The van der Waals surface area contributed by atoms with Gasteiger partial charge in [0.15, 0.2) is 6.23 Å². The molecule has 0 amide bonds. The number of hydrogen-bond donors (Lipinski definition) is 3. The van der Waals surface area contributed by atoms with Gasteiger partial charge in [-0.15, -0.1) is 0 Å². The third kappa shape index (κ3) is 1.62. The average Bonchev–Trinajstić information content (AvgIpc) is 2.55. The van der Waals surface area contributed by atoms with Gasteiger partial charge in [0.25, 0.3) is 5.56 Å². The summed E-state index contributed by atoms with van der Waals surface area (Å²) in [6.45, 7) is 0.144.